The maximum atomic E-state index is 10.6. The zero-order valence-corrected chi connectivity index (χ0v) is 19.9. The smallest absolute Gasteiger partial charge is 0.164 e. The van der Waals surface area contributed by atoms with Crippen LogP contribution in [0.2, 0.25) is 0 Å². The average molecular weight is 475 g/mol. The maximum absolute atomic E-state index is 10.6. The lowest BCUT2D eigenvalue weighted by molar-refractivity contribution is -0.0203. The largest absolute Gasteiger partial charge is 0.504 e. The molecule has 0 bridgehead atoms. The van der Waals surface area contributed by atoms with Crippen molar-refractivity contribution < 1.29 is 29.9 Å². The average Bonchev–Trinajstić information content (AvgIpc) is 3.12. The molecular weight excluding hydrogens is 440 g/mol. The molecule has 0 saturated carbocycles. The van der Waals surface area contributed by atoms with Crippen LogP contribution in [0.25, 0.3) is 0 Å². The summed E-state index contributed by atoms with van der Waals surface area (Å²) < 4.78 is 11.0. The van der Waals surface area contributed by atoms with Gasteiger partial charge in [-0.2, -0.15) is 0 Å². The Labute approximate surface area is 199 Å². The number of hydrogen-bond donors (Lipinski definition) is 5. The normalized spacial score (nSPS) is 23.3. The summed E-state index contributed by atoms with van der Waals surface area (Å²) in [7, 11) is 1.50. The number of aliphatic hydroxyl groups excluding tert-OH is 3. The van der Waals surface area contributed by atoms with Crippen molar-refractivity contribution in [2.45, 2.75) is 64.2 Å². The van der Waals surface area contributed by atoms with Gasteiger partial charge in [0.25, 0.3) is 0 Å². The quantitative estimate of drug-likeness (QED) is 0.348. The van der Waals surface area contributed by atoms with Crippen LogP contribution in [0.5, 0.6) is 11.5 Å². The summed E-state index contributed by atoms with van der Waals surface area (Å²) in [6, 6.07) is 4.95. The van der Waals surface area contributed by atoms with Gasteiger partial charge in [0, 0.05) is 11.8 Å². The molecule has 34 heavy (non-hydrogen) atoms. The number of nitrogens with one attached hydrogen (secondary N) is 1. The predicted molar refractivity (Wildman–Crippen MR) is 128 cm³/mol. The molecule has 1 saturated heterocycles. The van der Waals surface area contributed by atoms with E-state index in [2.05, 4.69) is 22.2 Å². The minimum absolute atomic E-state index is 0.0620. The summed E-state index contributed by atoms with van der Waals surface area (Å²) in [5.41, 5.74) is 1.59. The number of nitrogens with zero attached hydrogens (tertiary/aromatic N) is 3. The van der Waals surface area contributed by atoms with E-state index in [0.29, 0.717) is 22.9 Å². The Morgan fingerprint density at radius 3 is 2.68 bits per heavy atom. The van der Waals surface area contributed by atoms with Crippen LogP contribution in [0.4, 0.5) is 11.6 Å². The van der Waals surface area contributed by atoms with E-state index in [1.807, 2.05) is 19.9 Å². The number of phenolic OH excluding ortho intramolecular Hbond substituents is 1. The molecule has 10 heteroatoms. The summed E-state index contributed by atoms with van der Waals surface area (Å²) in [6.45, 7) is 5.45. The molecule has 1 aliphatic heterocycles. The zero-order chi connectivity index (χ0) is 24.8. The number of rotatable bonds is 10. The number of methoxy groups -OCH3 is 1. The zero-order valence-electron chi connectivity index (χ0n) is 19.9. The van der Waals surface area contributed by atoms with Crippen LogP contribution in [-0.4, -0.2) is 68.7 Å². The molecule has 1 aliphatic rings. The van der Waals surface area contributed by atoms with Gasteiger partial charge in [0.1, 0.15) is 36.3 Å². The summed E-state index contributed by atoms with van der Waals surface area (Å²) in [5.74, 6) is 1.51. The van der Waals surface area contributed by atoms with Gasteiger partial charge in [-0.25, -0.2) is 9.97 Å². The van der Waals surface area contributed by atoms with Crippen LogP contribution in [0.15, 0.2) is 36.8 Å². The molecule has 2 heterocycles. The van der Waals surface area contributed by atoms with Crippen molar-refractivity contribution in [3.63, 3.8) is 0 Å². The number of aromatic hydroxyl groups is 1. The second-order valence-electron chi connectivity index (χ2n) is 8.28. The van der Waals surface area contributed by atoms with Crippen LogP contribution in [-0.2, 0) is 4.74 Å². The molecule has 2 aromatic rings. The minimum atomic E-state index is -1.24. The van der Waals surface area contributed by atoms with Crippen molar-refractivity contribution in [3.8, 4) is 11.5 Å². The Hall–Kier alpha value is -2.92. The Morgan fingerprint density at radius 2 is 2.03 bits per heavy atom. The third-order valence-corrected chi connectivity index (χ3v) is 5.87. The molecule has 0 spiro atoms. The third-order valence-electron chi connectivity index (χ3n) is 5.87. The van der Waals surface area contributed by atoms with Crippen LogP contribution in [0.1, 0.15) is 43.9 Å². The predicted octanol–water partition coefficient (Wildman–Crippen LogP) is 2.23. The lowest BCUT2D eigenvalue weighted by Gasteiger charge is -2.30. The van der Waals surface area contributed by atoms with E-state index in [4.69, 9.17) is 9.47 Å². The fraction of sp³-hybridized carbons (Fsp3) is 0.500. The first kappa shape index (κ1) is 25.7. The molecule has 186 valence electrons. The highest BCUT2D eigenvalue weighted by atomic mass is 16.6. The molecule has 5 unspecified atom stereocenters. The molecule has 5 N–H and O–H groups in total. The lowest BCUT2D eigenvalue weighted by Crippen LogP contribution is -2.42. The van der Waals surface area contributed by atoms with Gasteiger partial charge in [-0.15, -0.1) is 0 Å². The van der Waals surface area contributed by atoms with Crippen molar-refractivity contribution in [2.24, 2.45) is 0 Å². The SMILES string of the molecule is CCCC=CN(c1ncnc(NC(C)c2ccc(O)c(OC)c2)c1C)C1OC(CO)C(O)C1O. The van der Waals surface area contributed by atoms with E-state index < -0.39 is 31.1 Å². The molecule has 1 aromatic carbocycles. The van der Waals surface area contributed by atoms with E-state index in [-0.39, 0.29) is 11.8 Å². The Bertz CT molecular complexity index is 988. The van der Waals surface area contributed by atoms with Gasteiger partial charge in [0.2, 0.25) is 0 Å². The Balaban J connectivity index is 1.92. The second-order valence-corrected chi connectivity index (χ2v) is 8.28. The maximum Gasteiger partial charge on any atom is 0.164 e. The fourth-order valence-electron chi connectivity index (χ4n) is 3.84. The fourth-order valence-corrected chi connectivity index (χ4v) is 3.84. The molecule has 10 nitrogen and oxygen atoms in total. The van der Waals surface area contributed by atoms with Gasteiger partial charge >= 0.3 is 0 Å². The Morgan fingerprint density at radius 1 is 1.26 bits per heavy atom. The van der Waals surface area contributed by atoms with Crippen LogP contribution < -0.4 is 15.0 Å². The highest BCUT2D eigenvalue weighted by Gasteiger charge is 2.45. The molecule has 5 atom stereocenters. The van der Waals surface area contributed by atoms with Crippen molar-refractivity contribution in [1.29, 1.82) is 0 Å². The number of anilines is 2. The lowest BCUT2D eigenvalue weighted by atomic mass is 10.1. The number of phenols is 1. The first-order valence-electron chi connectivity index (χ1n) is 11.3. The summed E-state index contributed by atoms with van der Waals surface area (Å²) >= 11 is 0. The molecule has 1 fully saturated rings. The van der Waals surface area contributed by atoms with Crippen molar-refractivity contribution in [1.82, 2.24) is 9.97 Å². The van der Waals surface area contributed by atoms with Crippen molar-refractivity contribution in [3.05, 3.63) is 47.9 Å². The van der Waals surface area contributed by atoms with Gasteiger partial charge < -0.3 is 40.1 Å². The molecule has 0 radical (unpaired) electrons. The van der Waals surface area contributed by atoms with Gasteiger partial charge in [0.05, 0.1) is 19.8 Å². The number of benzene rings is 1. The second kappa shape index (κ2) is 11.5. The number of aliphatic hydroxyl groups is 3. The van der Waals surface area contributed by atoms with Crippen molar-refractivity contribution >= 4 is 11.6 Å². The van der Waals surface area contributed by atoms with E-state index in [0.717, 1.165) is 18.4 Å². The van der Waals surface area contributed by atoms with Crippen LogP contribution >= 0.6 is 0 Å². The first-order valence-corrected chi connectivity index (χ1v) is 11.3. The topological polar surface area (TPSA) is 140 Å². The first-order chi connectivity index (χ1) is 16.3. The molecule has 3 rings (SSSR count). The Kier molecular flexibility index (Phi) is 8.67. The summed E-state index contributed by atoms with van der Waals surface area (Å²) in [5, 5.41) is 43.6. The standard InChI is InChI=1S/C24H34N4O6/c1-5-6-7-10-28(24-21(32)20(31)19(12-29)34-24)23-14(2)22(25-13-26-23)27-15(3)16-8-9-17(30)18(11-16)33-4/h7-11,13,15,19-21,24,29-32H,5-6,12H2,1-4H3,(H,25,26,27). The van der Waals surface area contributed by atoms with Gasteiger partial charge in [-0.1, -0.05) is 25.5 Å². The molecule has 1 aromatic heterocycles. The number of unbranched alkanes of at least 4 members (excludes halogenated alkanes) is 1. The summed E-state index contributed by atoms with van der Waals surface area (Å²) in [6.07, 6.45) is 2.58. The minimum Gasteiger partial charge on any atom is -0.504 e. The van der Waals surface area contributed by atoms with Gasteiger partial charge in [-0.3, -0.25) is 0 Å². The van der Waals surface area contributed by atoms with Gasteiger partial charge in [-0.05, 0) is 38.0 Å². The van der Waals surface area contributed by atoms with E-state index in [1.165, 1.54) is 13.4 Å². The number of hydrogen-bond acceptors (Lipinski definition) is 10. The number of aromatic nitrogens is 2. The molecule has 0 amide bonds. The number of allylic oxidation sites excluding steroid dienone is 1. The monoisotopic (exact) mass is 474 g/mol. The van der Waals surface area contributed by atoms with E-state index in [9.17, 15) is 20.4 Å². The van der Waals surface area contributed by atoms with Crippen LogP contribution in [0, 0.1) is 6.92 Å². The third kappa shape index (κ3) is 5.41. The van der Waals surface area contributed by atoms with E-state index >= 15 is 0 Å². The highest BCUT2D eigenvalue weighted by molar-refractivity contribution is 5.60. The highest BCUT2D eigenvalue weighted by Crippen LogP contribution is 2.33. The summed E-state index contributed by atoms with van der Waals surface area (Å²) in [4.78, 5) is 10.5. The van der Waals surface area contributed by atoms with Gasteiger partial charge in [0.15, 0.2) is 17.7 Å². The van der Waals surface area contributed by atoms with Crippen molar-refractivity contribution in [2.75, 3.05) is 23.9 Å². The molecular formula is C24H34N4O6. The van der Waals surface area contributed by atoms with Crippen LogP contribution in [0.3, 0.4) is 0 Å². The van der Waals surface area contributed by atoms with E-state index in [1.54, 1.807) is 29.3 Å². The number of ether oxygens (including phenoxy) is 2. The molecule has 0 aliphatic carbocycles.